The predicted octanol–water partition coefficient (Wildman–Crippen LogP) is 3.21. The fraction of sp³-hybridized carbons (Fsp3) is 0.318. The van der Waals surface area contributed by atoms with Crippen molar-refractivity contribution in [1.82, 2.24) is 14.5 Å². The Balaban J connectivity index is 1.49. The van der Waals surface area contributed by atoms with E-state index in [0.29, 0.717) is 42.6 Å². The lowest BCUT2D eigenvalue weighted by Crippen LogP contribution is -2.50. The van der Waals surface area contributed by atoms with E-state index in [1.54, 1.807) is 24.3 Å². The third-order valence-corrected chi connectivity index (χ3v) is 5.97. The van der Waals surface area contributed by atoms with E-state index in [1.165, 1.54) is 23.0 Å². The fourth-order valence-corrected chi connectivity index (χ4v) is 4.00. The summed E-state index contributed by atoms with van der Waals surface area (Å²) in [5.41, 5.74) is 0.166. The van der Waals surface area contributed by atoms with Gasteiger partial charge in [-0.1, -0.05) is 42.8 Å². The summed E-state index contributed by atoms with van der Waals surface area (Å²) in [6.07, 6.45) is 1.92. The SMILES string of the molecule is CC1CN(c2ncn(Cc3ccc(Cl)cc3)c(=O)n2)CCC1(O)c1ccc(F)cc1. The predicted molar refractivity (Wildman–Crippen MR) is 113 cm³/mol. The van der Waals surface area contributed by atoms with Crippen molar-refractivity contribution in [2.45, 2.75) is 25.5 Å². The molecule has 1 fully saturated rings. The quantitative estimate of drug-likeness (QED) is 0.691. The molecule has 0 bridgehead atoms. The Hall–Kier alpha value is -2.77. The van der Waals surface area contributed by atoms with Crippen LogP contribution in [0.5, 0.6) is 0 Å². The highest BCUT2D eigenvalue weighted by molar-refractivity contribution is 6.30. The van der Waals surface area contributed by atoms with Crippen molar-refractivity contribution in [2.24, 2.45) is 5.92 Å². The Morgan fingerprint density at radius 2 is 1.90 bits per heavy atom. The van der Waals surface area contributed by atoms with Crippen LogP contribution in [0.15, 0.2) is 59.7 Å². The van der Waals surface area contributed by atoms with Gasteiger partial charge in [0.25, 0.3) is 0 Å². The molecule has 2 unspecified atom stereocenters. The Morgan fingerprint density at radius 3 is 2.53 bits per heavy atom. The molecule has 1 saturated heterocycles. The van der Waals surface area contributed by atoms with Gasteiger partial charge in [-0.25, -0.2) is 14.2 Å². The minimum Gasteiger partial charge on any atom is -0.385 e. The molecule has 156 valence electrons. The van der Waals surface area contributed by atoms with Crippen LogP contribution < -0.4 is 10.6 Å². The number of aromatic nitrogens is 3. The topological polar surface area (TPSA) is 71.2 Å². The van der Waals surface area contributed by atoms with Gasteiger partial charge in [-0.2, -0.15) is 4.98 Å². The number of hydrogen-bond acceptors (Lipinski definition) is 5. The first-order valence-corrected chi connectivity index (χ1v) is 10.1. The van der Waals surface area contributed by atoms with Gasteiger partial charge in [-0.15, -0.1) is 0 Å². The van der Waals surface area contributed by atoms with Gasteiger partial charge in [0.2, 0.25) is 5.95 Å². The first kappa shape index (κ1) is 20.5. The molecule has 2 atom stereocenters. The van der Waals surface area contributed by atoms with Gasteiger partial charge in [0.15, 0.2) is 0 Å². The Kier molecular flexibility index (Phi) is 5.58. The van der Waals surface area contributed by atoms with Crippen LogP contribution in [0, 0.1) is 11.7 Å². The second-order valence-electron chi connectivity index (χ2n) is 7.72. The zero-order chi connectivity index (χ0) is 21.3. The van der Waals surface area contributed by atoms with Crippen LogP contribution >= 0.6 is 11.6 Å². The lowest BCUT2D eigenvalue weighted by atomic mass is 9.77. The van der Waals surface area contributed by atoms with Crippen LogP contribution in [0.4, 0.5) is 10.3 Å². The van der Waals surface area contributed by atoms with E-state index in [-0.39, 0.29) is 17.4 Å². The first-order valence-electron chi connectivity index (χ1n) is 9.76. The summed E-state index contributed by atoms with van der Waals surface area (Å²) >= 11 is 5.90. The molecule has 1 aliphatic heterocycles. The first-order chi connectivity index (χ1) is 14.3. The van der Waals surface area contributed by atoms with Gasteiger partial charge in [-0.05, 0) is 41.8 Å². The molecular formula is C22H22ClFN4O2. The molecule has 0 spiro atoms. The van der Waals surface area contributed by atoms with Crippen molar-refractivity contribution in [2.75, 3.05) is 18.0 Å². The van der Waals surface area contributed by atoms with Crippen molar-refractivity contribution in [1.29, 1.82) is 0 Å². The monoisotopic (exact) mass is 428 g/mol. The standard InChI is InChI=1S/C22H22ClFN4O2/c1-15-12-27(11-10-22(15,30)17-4-8-19(24)9-5-17)20-25-14-28(21(29)26-20)13-16-2-6-18(23)7-3-16/h2-9,14-15,30H,10-13H2,1H3. The Bertz CT molecular complexity index is 1090. The van der Waals surface area contributed by atoms with E-state index in [0.717, 1.165) is 5.56 Å². The molecule has 0 aliphatic carbocycles. The number of hydrogen-bond donors (Lipinski definition) is 1. The van der Waals surface area contributed by atoms with Crippen molar-refractivity contribution in [3.8, 4) is 0 Å². The molecule has 1 aromatic heterocycles. The van der Waals surface area contributed by atoms with Gasteiger partial charge in [-0.3, -0.25) is 4.57 Å². The van der Waals surface area contributed by atoms with E-state index in [9.17, 15) is 14.3 Å². The maximum Gasteiger partial charge on any atom is 0.352 e. The molecule has 6 nitrogen and oxygen atoms in total. The van der Waals surface area contributed by atoms with Gasteiger partial charge < -0.3 is 10.0 Å². The molecule has 2 heterocycles. The van der Waals surface area contributed by atoms with E-state index < -0.39 is 5.60 Å². The molecule has 1 N–H and O–H groups in total. The van der Waals surface area contributed by atoms with E-state index in [4.69, 9.17) is 11.6 Å². The van der Waals surface area contributed by atoms with Crippen LogP contribution in [0.25, 0.3) is 0 Å². The summed E-state index contributed by atoms with van der Waals surface area (Å²) in [7, 11) is 0. The second-order valence-corrected chi connectivity index (χ2v) is 8.16. The zero-order valence-electron chi connectivity index (χ0n) is 16.5. The Labute approximate surface area is 178 Å². The molecule has 0 amide bonds. The molecule has 0 saturated carbocycles. The maximum absolute atomic E-state index is 13.2. The van der Waals surface area contributed by atoms with Crippen molar-refractivity contribution < 1.29 is 9.50 Å². The van der Waals surface area contributed by atoms with Crippen LogP contribution in [-0.2, 0) is 12.1 Å². The van der Waals surface area contributed by atoms with Crippen molar-refractivity contribution in [3.05, 3.63) is 87.3 Å². The summed E-state index contributed by atoms with van der Waals surface area (Å²) in [6.45, 7) is 3.25. The molecule has 30 heavy (non-hydrogen) atoms. The van der Waals surface area contributed by atoms with E-state index in [2.05, 4.69) is 9.97 Å². The molecule has 3 aromatic rings. The van der Waals surface area contributed by atoms with Crippen LogP contribution in [0.1, 0.15) is 24.5 Å². The molecule has 0 radical (unpaired) electrons. The number of aliphatic hydroxyl groups is 1. The lowest BCUT2D eigenvalue weighted by molar-refractivity contribution is -0.0331. The number of rotatable bonds is 4. The summed E-state index contributed by atoms with van der Waals surface area (Å²) in [5.74, 6) is -0.142. The molecule has 2 aromatic carbocycles. The zero-order valence-corrected chi connectivity index (χ0v) is 17.3. The van der Waals surface area contributed by atoms with Crippen molar-refractivity contribution >= 4 is 17.5 Å². The normalized spacial score (nSPS) is 21.6. The molecule has 4 rings (SSSR count). The fourth-order valence-electron chi connectivity index (χ4n) is 3.87. The molecule has 8 heteroatoms. The number of nitrogens with zero attached hydrogens (tertiary/aromatic N) is 4. The lowest BCUT2D eigenvalue weighted by Gasteiger charge is -2.43. The largest absolute Gasteiger partial charge is 0.385 e. The van der Waals surface area contributed by atoms with E-state index in [1.807, 2.05) is 24.0 Å². The minimum atomic E-state index is -1.06. The summed E-state index contributed by atoms with van der Waals surface area (Å²) < 4.78 is 14.7. The summed E-state index contributed by atoms with van der Waals surface area (Å²) in [4.78, 5) is 22.9. The van der Waals surface area contributed by atoms with Gasteiger partial charge in [0.05, 0.1) is 12.1 Å². The third kappa shape index (κ3) is 4.08. The average molecular weight is 429 g/mol. The van der Waals surface area contributed by atoms with Crippen LogP contribution in [-0.4, -0.2) is 32.7 Å². The number of halogens is 2. The smallest absolute Gasteiger partial charge is 0.352 e. The molecule has 1 aliphatic rings. The van der Waals surface area contributed by atoms with Gasteiger partial charge in [0, 0.05) is 24.0 Å². The number of piperidine rings is 1. The van der Waals surface area contributed by atoms with Gasteiger partial charge in [0.1, 0.15) is 12.1 Å². The van der Waals surface area contributed by atoms with E-state index >= 15 is 0 Å². The van der Waals surface area contributed by atoms with Crippen LogP contribution in [0.2, 0.25) is 5.02 Å². The van der Waals surface area contributed by atoms with Crippen LogP contribution in [0.3, 0.4) is 0 Å². The maximum atomic E-state index is 13.2. The summed E-state index contributed by atoms with van der Waals surface area (Å²) in [6, 6.07) is 13.2. The van der Waals surface area contributed by atoms with Gasteiger partial charge >= 0.3 is 5.69 Å². The number of anilines is 1. The van der Waals surface area contributed by atoms with Crippen molar-refractivity contribution in [3.63, 3.8) is 0 Å². The average Bonchev–Trinajstić information content (AvgIpc) is 2.73. The highest BCUT2D eigenvalue weighted by Gasteiger charge is 2.41. The second kappa shape index (κ2) is 8.16. The number of benzene rings is 2. The highest BCUT2D eigenvalue weighted by atomic mass is 35.5. The third-order valence-electron chi connectivity index (χ3n) is 5.72. The minimum absolute atomic E-state index is 0.156. The molecular weight excluding hydrogens is 407 g/mol. The Morgan fingerprint density at radius 1 is 1.20 bits per heavy atom. The summed E-state index contributed by atoms with van der Waals surface area (Å²) in [5, 5.41) is 11.8. The highest BCUT2D eigenvalue weighted by Crippen LogP contribution is 2.37.